The van der Waals surface area contributed by atoms with Gasteiger partial charge in [0.15, 0.2) is 5.65 Å². The van der Waals surface area contributed by atoms with Crippen molar-refractivity contribution in [3.63, 3.8) is 0 Å². The van der Waals surface area contributed by atoms with Crippen LogP contribution >= 0.6 is 11.6 Å². The molecule has 0 radical (unpaired) electrons. The number of aromatic nitrogens is 4. The van der Waals surface area contributed by atoms with E-state index >= 15 is 0 Å². The van der Waals surface area contributed by atoms with Crippen LogP contribution in [0.5, 0.6) is 0 Å². The van der Waals surface area contributed by atoms with Crippen LogP contribution < -0.4 is 11.0 Å². The maximum Gasteiger partial charge on any atom is 0.348 e. The van der Waals surface area contributed by atoms with Gasteiger partial charge in [-0.1, -0.05) is 0 Å². The number of fused-ring (bicyclic) bond motifs is 1. The van der Waals surface area contributed by atoms with E-state index in [0.717, 1.165) is 0 Å². The van der Waals surface area contributed by atoms with Crippen molar-refractivity contribution in [1.82, 2.24) is 19.6 Å². The van der Waals surface area contributed by atoms with E-state index in [1.807, 2.05) is 13.8 Å². The molecule has 0 atom stereocenters. The van der Waals surface area contributed by atoms with Gasteiger partial charge in [-0.05, 0) is 13.8 Å². The summed E-state index contributed by atoms with van der Waals surface area (Å²) in [7, 11) is 0. The van der Waals surface area contributed by atoms with Crippen LogP contribution in [-0.2, 0) is 0 Å². The quantitative estimate of drug-likeness (QED) is 0.782. The van der Waals surface area contributed by atoms with Crippen LogP contribution in [0.3, 0.4) is 0 Å². The lowest BCUT2D eigenvalue weighted by atomic mass is 10.1. The molecule has 2 aromatic rings. The second-order valence-electron chi connectivity index (χ2n) is 4.17. The fourth-order valence-corrected chi connectivity index (χ4v) is 1.33. The molecule has 6 nitrogen and oxygen atoms in total. The molecule has 0 aliphatic carbocycles. The van der Waals surface area contributed by atoms with Crippen molar-refractivity contribution in [2.75, 3.05) is 11.2 Å². The molecule has 7 heteroatoms. The summed E-state index contributed by atoms with van der Waals surface area (Å²) < 4.78 is 1.33. The first kappa shape index (κ1) is 10.9. The minimum atomic E-state index is -0.300. The molecule has 2 aromatic heterocycles. The van der Waals surface area contributed by atoms with Crippen molar-refractivity contribution in [2.45, 2.75) is 19.4 Å². The van der Waals surface area contributed by atoms with Crippen LogP contribution in [0.25, 0.3) is 5.65 Å². The smallest absolute Gasteiger partial charge is 0.348 e. The maximum atomic E-state index is 11.2. The van der Waals surface area contributed by atoms with Crippen molar-refractivity contribution in [1.29, 1.82) is 0 Å². The lowest BCUT2D eigenvalue weighted by Crippen LogP contribution is -2.33. The van der Waals surface area contributed by atoms with Crippen LogP contribution in [0.15, 0.2) is 17.2 Å². The standard InChI is InChI=1S/C9H12ClN5O/c1-9(2,4-10)12-6-3-7-13-14-8(16)15(7)5-11-6/h3,5,12H,4H2,1-2H3,(H,14,16). The van der Waals surface area contributed by atoms with Crippen LogP contribution in [0.1, 0.15) is 13.8 Å². The van der Waals surface area contributed by atoms with Gasteiger partial charge in [-0.15, -0.1) is 11.6 Å². The molecule has 0 aliphatic heterocycles. The topological polar surface area (TPSA) is 75.1 Å². The van der Waals surface area contributed by atoms with Crippen molar-refractivity contribution in [3.05, 3.63) is 22.9 Å². The Labute approximate surface area is 96.7 Å². The highest BCUT2D eigenvalue weighted by Crippen LogP contribution is 2.14. The Kier molecular flexibility index (Phi) is 2.59. The zero-order valence-electron chi connectivity index (χ0n) is 8.99. The second kappa shape index (κ2) is 3.79. The Bertz CT molecular complexity index is 558. The molecule has 0 spiro atoms. The summed E-state index contributed by atoms with van der Waals surface area (Å²) in [6, 6.07) is 1.69. The summed E-state index contributed by atoms with van der Waals surface area (Å²) >= 11 is 5.80. The third-order valence-corrected chi connectivity index (χ3v) is 2.78. The van der Waals surface area contributed by atoms with Gasteiger partial charge >= 0.3 is 5.69 Å². The second-order valence-corrected chi connectivity index (χ2v) is 4.44. The largest absolute Gasteiger partial charge is 0.364 e. The summed E-state index contributed by atoms with van der Waals surface area (Å²) in [6.07, 6.45) is 1.42. The number of rotatable bonds is 3. The first-order chi connectivity index (χ1) is 7.52. The van der Waals surface area contributed by atoms with Gasteiger partial charge < -0.3 is 5.32 Å². The lowest BCUT2D eigenvalue weighted by molar-refractivity contribution is 0.637. The molecule has 0 aliphatic rings. The highest BCUT2D eigenvalue weighted by atomic mass is 35.5. The summed E-state index contributed by atoms with van der Waals surface area (Å²) in [5.41, 5.74) is -0.0396. The molecule has 0 saturated carbocycles. The Morgan fingerprint density at radius 1 is 1.62 bits per heavy atom. The van der Waals surface area contributed by atoms with Gasteiger partial charge in [-0.3, -0.25) is 0 Å². The third kappa shape index (κ3) is 2.01. The number of aromatic amines is 1. The molecule has 0 saturated heterocycles. The van der Waals surface area contributed by atoms with Gasteiger partial charge in [0.1, 0.15) is 12.1 Å². The SMILES string of the molecule is CC(C)(CCl)Nc1cc2n[nH]c(=O)n2cn1. The van der Waals surface area contributed by atoms with E-state index in [9.17, 15) is 4.79 Å². The maximum absolute atomic E-state index is 11.2. The third-order valence-electron chi connectivity index (χ3n) is 2.11. The molecule has 0 unspecified atom stereocenters. The fraction of sp³-hybridized carbons (Fsp3) is 0.444. The Morgan fingerprint density at radius 2 is 2.38 bits per heavy atom. The van der Waals surface area contributed by atoms with E-state index in [2.05, 4.69) is 20.5 Å². The predicted molar refractivity (Wildman–Crippen MR) is 62.0 cm³/mol. The zero-order chi connectivity index (χ0) is 11.8. The Hall–Kier alpha value is -1.56. The average Bonchev–Trinajstić information content (AvgIpc) is 2.60. The van der Waals surface area contributed by atoms with E-state index in [1.54, 1.807) is 6.07 Å². The molecular weight excluding hydrogens is 230 g/mol. The van der Waals surface area contributed by atoms with Gasteiger partial charge in [0.2, 0.25) is 0 Å². The zero-order valence-corrected chi connectivity index (χ0v) is 9.75. The molecule has 16 heavy (non-hydrogen) atoms. The molecule has 0 aromatic carbocycles. The monoisotopic (exact) mass is 241 g/mol. The summed E-state index contributed by atoms with van der Waals surface area (Å²) in [5, 5.41) is 9.35. The van der Waals surface area contributed by atoms with Crippen molar-refractivity contribution >= 4 is 23.1 Å². The van der Waals surface area contributed by atoms with Gasteiger partial charge in [0, 0.05) is 17.5 Å². The summed E-state index contributed by atoms with van der Waals surface area (Å²) in [5.74, 6) is 1.09. The van der Waals surface area contributed by atoms with E-state index < -0.39 is 0 Å². The Balaban J connectivity index is 2.37. The number of halogens is 1. The van der Waals surface area contributed by atoms with Gasteiger partial charge in [0.25, 0.3) is 0 Å². The molecule has 2 N–H and O–H groups in total. The number of nitrogens with zero attached hydrogens (tertiary/aromatic N) is 3. The van der Waals surface area contributed by atoms with E-state index in [-0.39, 0.29) is 11.2 Å². The van der Waals surface area contributed by atoms with Gasteiger partial charge in [0.05, 0.1) is 0 Å². The van der Waals surface area contributed by atoms with E-state index in [4.69, 9.17) is 11.6 Å². The van der Waals surface area contributed by atoms with Crippen molar-refractivity contribution < 1.29 is 0 Å². The first-order valence-corrected chi connectivity index (χ1v) is 5.32. The number of H-pyrrole nitrogens is 1. The molecule has 86 valence electrons. The van der Waals surface area contributed by atoms with Crippen LogP contribution in [0.4, 0.5) is 5.82 Å². The molecule has 0 amide bonds. The van der Waals surface area contributed by atoms with Crippen LogP contribution in [0.2, 0.25) is 0 Å². The van der Waals surface area contributed by atoms with Crippen LogP contribution in [0, 0.1) is 0 Å². The predicted octanol–water partition coefficient (Wildman–Crippen LogP) is 0.847. The number of anilines is 1. The highest BCUT2D eigenvalue weighted by molar-refractivity contribution is 6.18. The minimum absolute atomic E-state index is 0.260. The molecular formula is C9H12ClN5O. The number of hydrogen-bond acceptors (Lipinski definition) is 4. The summed E-state index contributed by atoms with van der Waals surface area (Å²) in [6.45, 7) is 3.92. The normalized spacial score (nSPS) is 11.9. The average molecular weight is 242 g/mol. The lowest BCUT2D eigenvalue weighted by Gasteiger charge is -2.23. The van der Waals surface area contributed by atoms with Crippen molar-refractivity contribution in [3.8, 4) is 0 Å². The first-order valence-electron chi connectivity index (χ1n) is 4.79. The van der Waals surface area contributed by atoms with Crippen LogP contribution in [-0.4, -0.2) is 31.0 Å². The molecule has 2 heterocycles. The number of hydrogen-bond donors (Lipinski definition) is 2. The molecule has 0 fully saturated rings. The number of alkyl halides is 1. The van der Waals surface area contributed by atoms with Gasteiger partial charge in [-0.2, -0.15) is 5.10 Å². The minimum Gasteiger partial charge on any atom is -0.364 e. The number of nitrogens with one attached hydrogen (secondary N) is 2. The fourth-order valence-electron chi connectivity index (χ4n) is 1.26. The van der Waals surface area contributed by atoms with Gasteiger partial charge in [-0.25, -0.2) is 19.3 Å². The highest BCUT2D eigenvalue weighted by Gasteiger charge is 2.16. The van der Waals surface area contributed by atoms with E-state index in [0.29, 0.717) is 17.3 Å². The van der Waals surface area contributed by atoms with E-state index in [1.165, 1.54) is 10.7 Å². The Morgan fingerprint density at radius 3 is 3.06 bits per heavy atom. The summed E-state index contributed by atoms with van der Waals surface area (Å²) in [4.78, 5) is 15.3. The molecule has 0 bridgehead atoms. The molecule has 2 rings (SSSR count). The van der Waals surface area contributed by atoms with Crippen molar-refractivity contribution in [2.24, 2.45) is 0 Å².